The minimum atomic E-state index is -0.459. The number of methoxy groups -OCH3 is 1. The van der Waals surface area contributed by atoms with E-state index in [1.807, 2.05) is 12.1 Å². The minimum absolute atomic E-state index is 0.459. The van der Waals surface area contributed by atoms with Gasteiger partial charge in [0.2, 0.25) is 0 Å². The summed E-state index contributed by atoms with van der Waals surface area (Å²) in [6, 6.07) is 7.22. The molecule has 0 radical (unpaired) electrons. The number of halogens is 1. The Morgan fingerprint density at radius 3 is 2.75 bits per heavy atom. The first-order valence-corrected chi connectivity index (χ1v) is 4.44. The van der Waals surface area contributed by atoms with Crippen molar-refractivity contribution in [3.05, 3.63) is 24.3 Å². The molecule has 4 heteroatoms. The first-order chi connectivity index (χ1) is 5.74. The van der Waals surface area contributed by atoms with Gasteiger partial charge in [-0.2, -0.15) is 0 Å². The Balaban J connectivity index is 2.89. The largest absolute Gasteiger partial charge is 0.496 e. The van der Waals surface area contributed by atoms with Crippen LogP contribution in [0.2, 0.25) is 0 Å². The van der Waals surface area contributed by atoms with Crippen molar-refractivity contribution in [1.29, 1.82) is 0 Å². The molecule has 2 nitrogen and oxygen atoms in total. The molecule has 1 rings (SSSR count). The molecule has 0 bridgehead atoms. The zero-order valence-electron chi connectivity index (χ0n) is 6.41. The van der Waals surface area contributed by atoms with Crippen LogP contribution in [0.5, 0.6) is 5.75 Å². The average molecular weight is 203 g/mol. The fourth-order valence-electron chi connectivity index (χ4n) is 0.790. The quantitative estimate of drug-likeness (QED) is 0.545. The lowest BCUT2D eigenvalue weighted by molar-refractivity contribution is 0.276. The molecule has 0 aliphatic carbocycles. The van der Waals surface area contributed by atoms with Crippen LogP contribution < -0.4 is 4.74 Å². The number of hydrogen-bond donors (Lipinski definition) is 0. The lowest BCUT2D eigenvalue weighted by atomic mass is 10.3. The third-order valence-corrected chi connectivity index (χ3v) is 2.21. The molecule has 0 N–H and O–H groups in total. The van der Waals surface area contributed by atoms with Gasteiger partial charge in [0.1, 0.15) is 5.75 Å². The van der Waals surface area contributed by atoms with Crippen LogP contribution in [0.1, 0.15) is 0 Å². The fourth-order valence-corrected chi connectivity index (χ4v) is 1.61. The molecule has 0 fully saturated rings. The zero-order valence-corrected chi connectivity index (χ0v) is 7.98. The van der Waals surface area contributed by atoms with Crippen molar-refractivity contribution in [2.75, 3.05) is 7.11 Å². The van der Waals surface area contributed by atoms with Crippen molar-refractivity contribution in [3.63, 3.8) is 0 Å². The number of carbonyl (C=O) groups excluding carboxylic acids is 1. The molecule has 0 saturated heterocycles. The maximum atomic E-state index is 10.6. The molecule has 0 spiro atoms. The Hall–Kier alpha value is -0.670. The maximum Gasteiger partial charge on any atom is 0.284 e. The van der Waals surface area contributed by atoms with Crippen LogP contribution in [-0.2, 0) is 0 Å². The molecule has 12 heavy (non-hydrogen) atoms. The number of para-hydroxylation sites is 1. The highest BCUT2D eigenvalue weighted by Crippen LogP contribution is 2.30. The van der Waals surface area contributed by atoms with Crippen molar-refractivity contribution >= 4 is 27.9 Å². The van der Waals surface area contributed by atoms with Crippen molar-refractivity contribution < 1.29 is 9.53 Å². The number of rotatable bonds is 2. The van der Waals surface area contributed by atoms with E-state index in [0.29, 0.717) is 5.75 Å². The second kappa shape index (κ2) is 4.38. The number of thioether (sulfide) groups is 1. The van der Waals surface area contributed by atoms with Crippen LogP contribution in [0, 0.1) is 0 Å². The molecule has 0 atom stereocenters. The van der Waals surface area contributed by atoms with E-state index in [1.54, 1.807) is 19.2 Å². The van der Waals surface area contributed by atoms with Crippen LogP contribution in [0.3, 0.4) is 0 Å². The van der Waals surface area contributed by atoms with Gasteiger partial charge in [-0.25, -0.2) is 0 Å². The van der Waals surface area contributed by atoms with Gasteiger partial charge in [-0.05, 0) is 35.5 Å². The summed E-state index contributed by atoms with van der Waals surface area (Å²) >= 11 is 6.16. The minimum Gasteiger partial charge on any atom is -0.496 e. The summed E-state index contributed by atoms with van der Waals surface area (Å²) in [5, 5.41) is 0. The van der Waals surface area contributed by atoms with Crippen LogP contribution in [0.4, 0.5) is 4.79 Å². The molecule has 0 aliphatic rings. The van der Waals surface area contributed by atoms with Gasteiger partial charge in [0.25, 0.3) is 4.57 Å². The first-order valence-electron chi connectivity index (χ1n) is 3.24. The zero-order chi connectivity index (χ0) is 8.97. The fraction of sp³-hybridized carbons (Fsp3) is 0.125. The summed E-state index contributed by atoms with van der Waals surface area (Å²) in [5.74, 6) is 0.663. The van der Waals surface area contributed by atoms with Gasteiger partial charge in [0.15, 0.2) is 0 Å². The van der Waals surface area contributed by atoms with E-state index in [2.05, 4.69) is 0 Å². The van der Waals surface area contributed by atoms with E-state index >= 15 is 0 Å². The smallest absolute Gasteiger partial charge is 0.284 e. The molecular weight excluding hydrogens is 196 g/mol. The van der Waals surface area contributed by atoms with Gasteiger partial charge >= 0.3 is 0 Å². The summed E-state index contributed by atoms with van der Waals surface area (Å²) in [4.78, 5) is 11.3. The highest BCUT2D eigenvalue weighted by Gasteiger charge is 2.05. The standard InChI is InChI=1S/C8H7ClO2S/c1-11-6-4-2-3-5-7(6)12-8(9)10/h2-5H,1H3. The molecule has 0 heterocycles. The van der Waals surface area contributed by atoms with Gasteiger partial charge in [0.05, 0.1) is 12.0 Å². The Labute approximate surface area is 79.9 Å². The van der Waals surface area contributed by atoms with E-state index in [9.17, 15) is 4.79 Å². The van der Waals surface area contributed by atoms with Crippen molar-refractivity contribution in [2.24, 2.45) is 0 Å². The van der Waals surface area contributed by atoms with Crippen LogP contribution in [0.15, 0.2) is 29.2 Å². The Morgan fingerprint density at radius 1 is 1.50 bits per heavy atom. The van der Waals surface area contributed by atoms with Crippen LogP contribution in [-0.4, -0.2) is 11.7 Å². The molecule has 1 aromatic carbocycles. The van der Waals surface area contributed by atoms with Gasteiger partial charge in [-0.3, -0.25) is 4.79 Å². The normalized spacial score (nSPS) is 9.50. The molecule has 0 aromatic heterocycles. The second-order valence-electron chi connectivity index (χ2n) is 1.99. The lowest BCUT2D eigenvalue weighted by Gasteiger charge is -2.03. The van der Waals surface area contributed by atoms with Gasteiger partial charge in [0, 0.05) is 0 Å². The number of hydrogen-bond acceptors (Lipinski definition) is 3. The molecular formula is C8H7ClO2S. The van der Waals surface area contributed by atoms with Crippen LogP contribution in [0.25, 0.3) is 0 Å². The maximum absolute atomic E-state index is 10.6. The van der Waals surface area contributed by atoms with E-state index < -0.39 is 4.57 Å². The summed E-state index contributed by atoms with van der Waals surface area (Å²) < 4.78 is 4.56. The Morgan fingerprint density at radius 2 is 2.17 bits per heavy atom. The first kappa shape index (κ1) is 9.42. The SMILES string of the molecule is COc1ccccc1SC(=O)Cl. The third kappa shape index (κ3) is 2.43. The van der Waals surface area contributed by atoms with E-state index in [0.717, 1.165) is 16.7 Å². The van der Waals surface area contributed by atoms with E-state index in [1.165, 1.54) is 0 Å². The third-order valence-electron chi connectivity index (χ3n) is 1.26. The Kier molecular flexibility index (Phi) is 3.44. The summed E-state index contributed by atoms with van der Waals surface area (Å²) in [7, 11) is 1.55. The average Bonchev–Trinajstić information content (AvgIpc) is 2.04. The van der Waals surface area contributed by atoms with E-state index in [4.69, 9.17) is 16.3 Å². The van der Waals surface area contributed by atoms with Gasteiger partial charge in [-0.1, -0.05) is 12.1 Å². The van der Waals surface area contributed by atoms with Gasteiger partial charge < -0.3 is 4.74 Å². The second-order valence-corrected chi connectivity index (χ2v) is 3.57. The number of ether oxygens (including phenoxy) is 1. The van der Waals surface area contributed by atoms with E-state index in [-0.39, 0.29) is 0 Å². The Bertz CT molecular complexity index is 288. The number of carbonyl (C=O) groups is 1. The van der Waals surface area contributed by atoms with Crippen LogP contribution >= 0.6 is 23.4 Å². The van der Waals surface area contributed by atoms with Crippen molar-refractivity contribution in [2.45, 2.75) is 4.90 Å². The summed E-state index contributed by atoms with van der Waals surface area (Å²) in [5.41, 5.74) is 0. The molecule has 0 unspecified atom stereocenters. The predicted molar refractivity (Wildman–Crippen MR) is 50.1 cm³/mol. The van der Waals surface area contributed by atoms with Crippen molar-refractivity contribution in [1.82, 2.24) is 0 Å². The molecule has 0 amide bonds. The van der Waals surface area contributed by atoms with Gasteiger partial charge in [-0.15, -0.1) is 0 Å². The topological polar surface area (TPSA) is 26.3 Å². The molecule has 0 saturated carbocycles. The molecule has 1 aromatic rings. The molecule has 0 aliphatic heterocycles. The summed E-state index contributed by atoms with van der Waals surface area (Å²) in [6.07, 6.45) is 0. The highest BCUT2D eigenvalue weighted by molar-refractivity contribution is 8.16. The number of benzene rings is 1. The van der Waals surface area contributed by atoms with Crippen molar-refractivity contribution in [3.8, 4) is 5.75 Å². The molecule has 64 valence electrons. The highest BCUT2D eigenvalue weighted by atomic mass is 35.5. The summed E-state index contributed by atoms with van der Waals surface area (Å²) in [6.45, 7) is 0. The lowest BCUT2D eigenvalue weighted by Crippen LogP contribution is -1.85. The predicted octanol–water partition coefficient (Wildman–Crippen LogP) is 3.15. The monoisotopic (exact) mass is 202 g/mol.